The quantitative estimate of drug-likeness (QED) is 0.878. The van der Waals surface area contributed by atoms with Crippen molar-refractivity contribution >= 4 is 26.0 Å². The van der Waals surface area contributed by atoms with Crippen LogP contribution in [0.5, 0.6) is 0 Å². The predicted molar refractivity (Wildman–Crippen MR) is 77.5 cm³/mol. The van der Waals surface area contributed by atoms with Gasteiger partial charge in [0.15, 0.2) is 0 Å². The van der Waals surface area contributed by atoms with Crippen LogP contribution in [-0.4, -0.2) is 25.7 Å². The second-order valence-electron chi connectivity index (χ2n) is 5.12. The van der Waals surface area contributed by atoms with Gasteiger partial charge in [-0.15, -0.1) is 0 Å². The zero-order valence-corrected chi connectivity index (χ0v) is 13.2. The molecule has 6 heteroatoms. The third-order valence-electron chi connectivity index (χ3n) is 3.63. The van der Waals surface area contributed by atoms with Crippen molar-refractivity contribution in [1.29, 1.82) is 0 Å². The number of benzene rings is 1. The summed E-state index contributed by atoms with van der Waals surface area (Å²) in [6, 6.07) is 5.07. The van der Waals surface area contributed by atoms with Crippen LogP contribution in [0.25, 0.3) is 0 Å². The van der Waals surface area contributed by atoms with Gasteiger partial charge in [-0.05, 0) is 37.5 Å². The number of halogens is 1. The van der Waals surface area contributed by atoms with E-state index in [1.165, 1.54) is 0 Å². The Morgan fingerprint density at radius 2 is 2.00 bits per heavy atom. The molecule has 1 aromatic carbocycles. The molecule has 0 aliphatic heterocycles. The summed E-state index contributed by atoms with van der Waals surface area (Å²) in [4.78, 5) is 0.253. The van der Waals surface area contributed by atoms with E-state index >= 15 is 0 Å². The Morgan fingerprint density at radius 3 is 2.63 bits per heavy atom. The average Bonchev–Trinajstić information content (AvgIpc) is 2.78. The van der Waals surface area contributed by atoms with Crippen LogP contribution in [-0.2, 0) is 10.0 Å². The van der Waals surface area contributed by atoms with Crippen molar-refractivity contribution in [2.75, 3.05) is 6.54 Å². The van der Waals surface area contributed by atoms with Gasteiger partial charge in [-0.2, -0.15) is 0 Å². The third-order valence-corrected chi connectivity index (χ3v) is 6.04. The van der Waals surface area contributed by atoms with Gasteiger partial charge in [-0.3, -0.25) is 0 Å². The van der Waals surface area contributed by atoms with Gasteiger partial charge in [-0.1, -0.05) is 34.8 Å². The first kappa shape index (κ1) is 15.0. The zero-order chi connectivity index (χ0) is 14.1. The Labute approximate surface area is 122 Å². The van der Waals surface area contributed by atoms with E-state index in [9.17, 15) is 13.5 Å². The number of sulfonamides is 1. The second kappa shape index (κ2) is 5.52. The minimum atomic E-state index is -3.58. The first-order valence-corrected chi connectivity index (χ1v) is 8.59. The number of aliphatic hydroxyl groups is 1. The van der Waals surface area contributed by atoms with E-state index in [2.05, 4.69) is 20.7 Å². The Bertz CT molecular complexity index is 565. The summed E-state index contributed by atoms with van der Waals surface area (Å²) >= 11 is 3.32. The Morgan fingerprint density at radius 1 is 1.37 bits per heavy atom. The van der Waals surface area contributed by atoms with Gasteiger partial charge in [0.05, 0.1) is 10.5 Å². The van der Waals surface area contributed by atoms with Crippen molar-refractivity contribution in [2.45, 2.75) is 43.1 Å². The van der Waals surface area contributed by atoms with Crippen LogP contribution in [0.15, 0.2) is 27.6 Å². The van der Waals surface area contributed by atoms with Crippen LogP contribution in [0.2, 0.25) is 0 Å². The van der Waals surface area contributed by atoms with Crippen LogP contribution >= 0.6 is 15.9 Å². The maximum absolute atomic E-state index is 12.3. The van der Waals surface area contributed by atoms with E-state index in [-0.39, 0.29) is 11.4 Å². The van der Waals surface area contributed by atoms with E-state index in [0.717, 1.165) is 17.3 Å². The van der Waals surface area contributed by atoms with Crippen LogP contribution in [0.1, 0.15) is 31.2 Å². The lowest BCUT2D eigenvalue weighted by Crippen LogP contribution is -2.40. The van der Waals surface area contributed by atoms with Crippen molar-refractivity contribution in [2.24, 2.45) is 0 Å². The predicted octanol–water partition coefficient (Wildman–Crippen LogP) is 2.34. The van der Waals surface area contributed by atoms with Gasteiger partial charge in [0, 0.05) is 11.0 Å². The SMILES string of the molecule is Cc1c(Br)cccc1S(=O)(=O)NCC1(O)CCCC1. The van der Waals surface area contributed by atoms with Crippen molar-refractivity contribution < 1.29 is 13.5 Å². The molecule has 19 heavy (non-hydrogen) atoms. The maximum atomic E-state index is 12.3. The summed E-state index contributed by atoms with van der Waals surface area (Å²) in [5.41, 5.74) is -0.208. The highest BCUT2D eigenvalue weighted by Gasteiger charge is 2.32. The first-order valence-electron chi connectivity index (χ1n) is 6.31. The summed E-state index contributed by atoms with van der Waals surface area (Å²) in [6.45, 7) is 1.84. The molecule has 1 saturated carbocycles. The molecule has 1 aromatic rings. The molecular weight excluding hydrogens is 330 g/mol. The molecule has 0 saturated heterocycles. The number of hydrogen-bond acceptors (Lipinski definition) is 3. The maximum Gasteiger partial charge on any atom is 0.240 e. The smallest absolute Gasteiger partial charge is 0.240 e. The summed E-state index contributed by atoms with van der Waals surface area (Å²) < 4.78 is 27.8. The topological polar surface area (TPSA) is 66.4 Å². The van der Waals surface area contributed by atoms with Crippen LogP contribution < -0.4 is 4.72 Å². The second-order valence-corrected chi connectivity index (χ2v) is 7.71. The molecule has 0 unspecified atom stereocenters. The molecule has 0 heterocycles. The molecule has 106 valence electrons. The highest BCUT2D eigenvalue weighted by molar-refractivity contribution is 9.10. The monoisotopic (exact) mass is 347 g/mol. The fraction of sp³-hybridized carbons (Fsp3) is 0.538. The molecule has 2 rings (SSSR count). The Kier molecular flexibility index (Phi) is 4.35. The van der Waals surface area contributed by atoms with Crippen LogP contribution in [0.3, 0.4) is 0 Å². The standard InChI is InChI=1S/C13H18BrNO3S/c1-10-11(14)5-4-6-12(10)19(17,18)15-9-13(16)7-2-3-8-13/h4-6,15-16H,2-3,7-9H2,1H3. The fourth-order valence-electron chi connectivity index (χ4n) is 2.40. The lowest BCUT2D eigenvalue weighted by atomic mass is 10.0. The largest absolute Gasteiger partial charge is 0.389 e. The fourth-order valence-corrected chi connectivity index (χ4v) is 4.28. The van der Waals surface area contributed by atoms with Gasteiger partial charge in [0.1, 0.15) is 0 Å². The molecule has 1 aliphatic carbocycles. The minimum Gasteiger partial charge on any atom is -0.389 e. The number of rotatable bonds is 4. The summed E-state index contributed by atoms with van der Waals surface area (Å²) in [5, 5.41) is 10.2. The molecule has 1 aliphatic rings. The molecule has 2 N–H and O–H groups in total. The van der Waals surface area contributed by atoms with Crippen LogP contribution in [0, 0.1) is 6.92 Å². The number of hydrogen-bond donors (Lipinski definition) is 2. The van der Waals surface area contributed by atoms with E-state index in [4.69, 9.17) is 0 Å². The molecule has 0 bridgehead atoms. The molecular formula is C13H18BrNO3S. The zero-order valence-electron chi connectivity index (χ0n) is 10.8. The highest BCUT2D eigenvalue weighted by atomic mass is 79.9. The lowest BCUT2D eigenvalue weighted by Gasteiger charge is -2.22. The van der Waals surface area contributed by atoms with Gasteiger partial charge in [-0.25, -0.2) is 13.1 Å². The molecule has 0 radical (unpaired) electrons. The lowest BCUT2D eigenvalue weighted by molar-refractivity contribution is 0.0531. The molecule has 0 atom stereocenters. The average molecular weight is 348 g/mol. The summed E-state index contributed by atoms with van der Waals surface area (Å²) in [5.74, 6) is 0. The van der Waals surface area contributed by atoms with Crippen molar-refractivity contribution in [3.8, 4) is 0 Å². The van der Waals surface area contributed by atoms with E-state index in [1.807, 2.05) is 0 Å². The summed E-state index contributed by atoms with van der Waals surface area (Å²) in [6.07, 6.45) is 3.22. The van der Waals surface area contributed by atoms with Crippen molar-refractivity contribution in [3.63, 3.8) is 0 Å². The molecule has 0 spiro atoms. The molecule has 0 amide bonds. The molecule has 4 nitrogen and oxygen atoms in total. The third kappa shape index (κ3) is 3.37. The first-order chi connectivity index (χ1) is 8.84. The normalized spacial score (nSPS) is 18.7. The Hall–Kier alpha value is -0.430. The van der Waals surface area contributed by atoms with Crippen molar-refractivity contribution in [1.82, 2.24) is 4.72 Å². The molecule has 1 fully saturated rings. The van der Waals surface area contributed by atoms with Crippen molar-refractivity contribution in [3.05, 3.63) is 28.2 Å². The van der Waals surface area contributed by atoms with Gasteiger partial charge < -0.3 is 5.11 Å². The van der Waals surface area contributed by atoms with Crippen LogP contribution in [0.4, 0.5) is 0 Å². The van der Waals surface area contributed by atoms with E-state index in [0.29, 0.717) is 18.4 Å². The van der Waals surface area contributed by atoms with E-state index in [1.54, 1.807) is 25.1 Å². The highest BCUT2D eigenvalue weighted by Crippen LogP contribution is 2.29. The summed E-state index contributed by atoms with van der Waals surface area (Å²) in [7, 11) is -3.58. The number of nitrogens with one attached hydrogen (secondary N) is 1. The van der Waals surface area contributed by atoms with Gasteiger partial charge >= 0.3 is 0 Å². The van der Waals surface area contributed by atoms with E-state index < -0.39 is 15.6 Å². The van der Waals surface area contributed by atoms with Gasteiger partial charge in [0.2, 0.25) is 10.0 Å². The van der Waals surface area contributed by atoms with Gasteiger partial charge in [0.25, 0.3) is 0 Å². The minimum absolute atomic E-state index is 0.0846. The Balaban J connectivity index is 2.16. The molecule has 0 aromatic heterocycles.